The van der Waals surface area contributed by atoms with E-state index in [1.165, 1.54) is 0 Å². The van der Waals surface area contributed by atoms with E-state index in [1.807, 2.05) is 46.7 Å². The number of esters is 7. The summed E-state index contributed by atoms with van der Waals surface area (Å²) in [5.41, 5.74) is 0. The maximum absolute atomic E-state index is 13.3. The molecular formula is C57H103NO14. The molecule has 15 nitrogen and oxygen atoms in total. The SMILES string of the molecule is CCCCCCC(C)C(=O)OCC(COC(=O)C(C)CCCCCC)OC(=O)CCCC(CCCC(=O)OC(COC(=O)C(C)CCCCCC)COC(=O)[C@@H](C)CCCCCC)OC(=O)CCCN(C)C. The molecule has 0 aromatic carbocycles. The van der Waals surface area contributed by atoms with Gasteiger partial charge in [0, 0.05) is 19.3 Å². The van der Waals surface area contributed by atoms with Crippen molar-refractivity contribution in [3.8, 4) is 0 Å². The first-order valence-corrected chi connectivity index (χ1v) is 28.4. The maximum Gasteiger partial charge on any atom is 0.308 e. The van der Waals surface area contributed by atoms with Gasteiger partial charge in [-0.2, -0.15) is 0 Å². The molecule has 0 aliphatic rings. The molecule has 0 aliphatic heterocycles. The second kappa shape index (κ2) is 44.7. The van der Waals surface area contributed by atoms with E-state index in [0.717, 1.165) is 103 Å². The summed E-state index contributed by atoms with van der Waals surface area (Å²) in [5.74, 6) is -4.50. The monoisotopic (exact) mass is 1030 g/mol. The summed E-state index contributed by atoms with van der Waals surface area (Å²) < 4.78 is 39.7. The number of rotatable bonds is 47. The molecular weight excluding hydrogens is 923 g/mol. The van der Waals surface area contributed by atoms with Crippen LogP contribution in [0, 0.1) is 23.7 Å². The number of unbranched alkanes of at least 4 members (excludes halogenated alkanes) is 12. The van der Waals surface area contributed by atoms with Crippen LogP contribution in [0.3, 0.4) is 0 Å². The summed E-state index contributed by atoms with van der Waals surface area (Å²) in [6.07, 6.45) is 18.4. The van der Waals surface area contributed by atoms with Crippen molar-refractivity contribution >= 4 is 41.8 Å². The fourth-order valence-corrected chi connectivity index (χ4v) is 7.97. The van der Waals surface area contributed by atoms with Crippen LogP contribution >= 0.6 is 0 Å². The van der Waals surface area contributed by atoms with Gasteiger partial charge in [-0.15, -0.1) is 0 Å². The lowest BCUT2D eigenvalue weighted by atomic mass is 10.0. The Morgan fingerprint density at radius 1 is 0.333 bits per heavy atom. The summed E-state index contributed by atoms with van der Waals surface area (Å²) in [6, 6.07) is 0. The molecule has 72 heavy (non-hydrogen) atoms. The van der Waals surface area contributed by atoms with E-state index in [9.17, 15) is 33.6 Å². The van der Waals surface area contributed by atoms with E-state index in [-0.39, 0.29) is 82.2 Å². The van der Waals surface area contributed by atoms with Crippen molar-refractivity contribution in [1.29, 1.82) is 0 Å². The zero-order valence-corrected chi connectivity index (χ0v) is 47.0. The number of nitrogens with zero attached hydrogens (tertiary/aromatic N) is 1. The summed E-state index contributed by atoms with van der Waals surface area (Å²) in [6.45, 7) is 15.4. The minimum Gasteiger partial charge on any atom is -0.462 e. The van der Waals surface area contributed by atoms with Crippen molar-refractivity contribution in [2.75, 3.05) is 47.1 Å². The van der Waals surface area contributed by atoms with Gasteiger partial charge in [-0.1, -0.05) is 158 Å². The van der Waals surface area contributed by atoms with Gasteiger partial charge in [0.2, 0.25) is 0 Å². The van der Waals surface area contributed by atoms with Gasteiger partial charge in [0.15, 0.2) is 12.2 Å². The molecule has 0 rings (SSSR count). The topological polar surface area (TPSA) is 187 Å². The predicted octanol–water partition coefficient (Wildman–Crippen LogP) is 12.0. The molecule has 0 saturated heterocycles. The first-order valence-electron chi connectivity index (χ1n) is 28.4. The maximum atomic E-state index is 13.3. The Kier molecular flexibility index (Phi) is 42.4. The number of carbonyl (C=O) groups excluding carboxylic acids is 7. The quantitative estimate of drug-likeness (QED) is 0.0318. The first kappa shape index (κ1) is 68.2. The van der Waals surface area contributed by atoms with Crippen LogP contribution in [0.2, 0.25) is 0 Å². The molecule has 5 unspecified atom stereocenters. The van der Waals surface area contributed by atoms with Crippen LogP contribution in [0.4, 0.5) is 0 Å². The van der Waals surface area contributed by atoms with Gasteiger partial charge in [-0.05, 0) is 78.4 Å². The van der Waals surface area contributed by atoms with E-state index < -0.39 is 60.1 Å². The third-order valence-corrected chi connectivity index (χ3v) is 12.9. The highest BCUT2D eigenvalue weighted by molar-refractivity contribution is 5.74. The Labute approximate surface area is 436 Å². The van der Waals surface area contributed by atoms with Crippen LogP contribution in [-0.2, 0) is 66.7 Å². The number of hydrogen-bond donors (Lipinski definition) is 0. The second-order valence-electron chi connectivity index (χ2n) is 20.5. The van der Waals surface area contributed by atoms with Crippen molar-refractivity contribution in [2.45, 2.75) is 253 Å². The van der Waals surface area contributed by atoms with Crippen LogP contribution < -0.4 is 0 Å². The number of ether oxygens (including phenoxy) is 7. The largest absolute Gasteiger partial charge is 0.462 e. The first-order chi connectivity index (χ1) is 34.5. The molecule has 0 fully saturated rings. The standard InChI is InChI=1S/C57H103NO14/c1-11-15-19-23-30-44(5)54(62)66-40-49(41-67-55(63)45(6)31-24-20-16-12-2)71-51(59)36-27-34-48(70-53(61)38-29-39-58(9)10)35-28-37-52(60)72-50(42-68-56(64)46(7)32-25-21-17-13-3)43-69-57(65)47(8)33-26-22-18-14-4/h44-50H,11-43H2,1-10H3/t44-,45?,46?,47?,48?,49?,50?/m0/s1. The Morgan fingerprint density at radius 3 is 0.861 bits per heavy atom. The lowest BCUT2D eigenvalue weighted by Gasteiger charge is -2.21. The molecule has 0 aliphatic carbocycles. The molecule has 0 bridgehead atoms. The zero-order chi connectivity index (χ0) is 53.9. The van der Waals surface area contributed by atoms with Gasteiger partial charge in [0.05, 0.1) is 23.7 Å². The van der Waals surface area contributed by atoms with Gasteiger partial charge in [0.1, 0.15) is 32.5 Å². The molecule has 0 amide bonds. The molecule has 0 aromatic heterocycles. The van der Waals surface area contributed by atoms with Gasteiger partial charge >= 0.3 is 41.8 Å². The van der Waals surface area contributed by atoms with Crippen LogP contribution in [0.25, 0.3) is 0 Å². The zero-order valence-electron chi connectivity index (χ0n) is 47.0. The van der Waals surface area contributed by atoms with E-state index in [2.05, 4.69) is 27.7 Å². The van der Waals surface area contributed by atoms with E-state index >= 15 is 0 Å². The van der Waals surface area contributed by atoms with Gasteiger partial charge in [0.25, 0.3) is 0 Å². The van der Waals surface area contributed by atoms with E-state index in [1.54, 1.807) is 0 Å². The second-order valence-corrected chi connectivity index (χ2v) is 20.5. The Morgan fingerprint density at radius 2 is 0.597 bits per heavy atom. The average molecular weight is 1030 g/mol. The number of carbonyl (C=O) groups is 7. The highest BCUT2D eigenvalue weighted by Gasteiger charge is 2.26. The minimum atomic E-state index is -1.00. The molecule has 0 saturated carbocycles. The lowest BCUT2D eigenvalue weighted by molar-refractivity contribution is -0.169. The normalized spacial score (nSPS) is 14.3. The Bertz CT molecular complexity index is 1290. The Balaban J connectivity index is 5.78. The molecule has 0 N–H and O–H groups in total. The van der Waals surface area contributed by atoms with E-state index in [4.69, 9.17) is 33.2 Å². The Hall–Kier alpha value is -3.75. The third kappa shape index (κ3) is 37.9. The lowest BCUT2D eigenvalue weighted by Crippen LogP contribution is -2.33. The van der Waals surface area contributed by atoms with Crippen molar-refractivity contribution in [3.05, 3.63) is 0 Å². The van der Waals surface area contributed by atoms with Gasteiger partial charge in [-0.3, -0.25) is 33.6 Å². The van der Waals surface area contributed by atoms with Crippen molar-refractivity contribution in [1.82, 2.24) is 4.90 Å². The summed E-state index contributed by atoms with van der Waals surface area (Å²) in [7, 11) is 3.84. The minimum absolute atomic E-state index is 0.0510. The molecule has 6 atom stereocenters. The molecule has 15 heteroatoms. The van der Waals surface area contributed by atoms with Crippen LogP contribution in [0.5, 0.6) is 0 Å². The highest BCUT2D eigenvalue weighted by atomic mass is 16.6. The van der Waals surface area contributed by atoms with Crippen LogP contribution in [-0.4, -0.2) is 112 Å². The van der Waals surface area contributed by atoms with E-state index in [0.29, 0.717) is 51.5 Å². The van der Waals surface area contributed by atoms with Gasteiger partial charge in [-0.25, -0.2) is 0 Å². The van der Waals surface area contributed by atoms with Crippen LogP contribution in [0.15, 0.2) is 0 Å². The van der Waals surface area contributed by atoms with Crippen molar-refractivity contribution in [3.63, 3.8) is 0 Å². The summed E-state index contributed by atoms with van der Waals surface area (Å²) >= 11 is 0. The summed E-state index contributed by atoms with van der Waals surface area (Å²) in [4.78, 5) is 93.1. The highest BCUT2D eigenvalue weighted by Crippen LogP contribution is 2.20. The van der Waals surface area contributed by atoms with Crippen LogP contribution in [0.1, 0.15) is 235 Å². The number of hydrogen-bond acceptors (Lipinski definition) is 15. The fraction of sp³-hybridized carbons (Fsp3) is 0.877. The summed E-state index contributed by atoms with van der Waals surface area (Å²) in [5, 5.41) is 0. The van der Waals surface area contributed by atoms with Crippen molar-refractivity contribution < 1.29 is 66.7 Å². The molecule has 0 aromatic rings. The predicted molar refractivity (Wildman–Crippen MR) is 281 cm³/mol. The molecule has 420 valence electrons. The van der Waals surface area contributed by atoms with Crippen molar-refractivity contribution in [2.24, 2.45) is 23.7 Å². The molecule has 0 heterocycles. The fourth-order valence-electron chi connectivity index (χ4n) is 7.97. The molecule has 0 spiro atoms. The average Bonchev–Trinajstić information content (AvgIpc) is 3.34. The molecule has 0 radical (unpaired) electrons. The van der Waals surface area contributed by atoms with Gasteiger partial charge < -0.3 is 38.1 Å². The third-order valence-electron chi connectivity index (χ3n) is 12.9. The smallest absolute Gasteiger partial charge is 0.308 e.